The van der Waals surface area contributed by atoms with E-state index in [-0.39, 0.29) is 0 Å². The molecule has 3 fully saturated rings. The number of piperidine rings is 1. The zero-order valence-electron chi connectivity index (χ0n) is 16.2. The summed E-state index contributed by atoms with van der Waals surface area (Å²) in [6.45, 7) is 5.39. The molecule has 0 aliphatic carbocycles. The average Bonchev–Trinajstić information content (AvgIpc) is 3.40. The van der Waals surface area contributed by atoms with E-state index < -0.39 is 0 Å². The Morgan fingerprint density at radius 2 is 1.97 bits per heavy atom. The Morgan fingerprint density at radius 3 is 2.72 bits per heavy atom. The first-order valence-corrected chi connectivity index (χ1v) is 10.9. The molecular formula is C22H22N6S. The number of aromatic amines is 1. The van der Waals surface area contributed by atoms with E-state index in [2.05, 4.69) is 55.9 Å². The standard InChI is InChI=1S/C22H22N6S/c1-14-2-4-18(29-14)12-28-16-8-17(28)11-27(10-16)20-5-3-15(9-24-20)21-19-6-7-23-22(19)26-13-25-21/h2-7,9,13,16-17H,8,10-12H2,1H3,(H,23,25,26). The lowest BCUT2D eigenvalue weighted by Crippen LogP contribution is -2.68. The highest BCUT2D eigenvalue weighted by Gasteiger charge is 2.44. The third kappa shape index (κ3) is 2.92. The van der Waals surface area contributed by atoms with E-state index in [9.17, 15) is 0 Å². The predicted octanol–water partition coefficient (Wildman–Crippen LogP) is 3.85. The van der Waals surface area contributed by atoms with E-state index in [0.29, 0.717) is 12.1 Å². The second kappa shape index (κ2) is 6.64. The summed E-state index contributed by atoms with van der Waals surface area (Å²) in [6, 6.07) is 12.1. The molecule has 2 unspecified atom stereocenters. The second-order valence-electron chi connectivity index (χ2n) is 8.00. The molecule has 2 bridgehead atoms. The van der Waals surface area contributed by atoms with Crippen LogP contribution < -0.4 is 4.90 Å². The van der Waals surface area contributed by atoms with Gasteiger partial charge in [-0.15, -0.1) is 11.3 Å². The molecule has 4 aromatic rings. The van der Waals surface area contributed by atoms with Crippen LogP contribution in [-0.4, -0.2) is 50.0 Å². The highest BCUT2D eigenvalue weighted by Crippen LogP contribution is 2.36. The lowest BCUT2D eigenvalue weighted by Gasteiger charge is -2.56. The number of thiophene rings is 1. The van der Waals surface area contributed by atoms with Crippen LogP contribution in [0.15, 0.2) is 49.1 Å². The van der Waals surface area contributed by atoms with Gasteiger partial charge in [-0.3, -0.25) is 4.90 Å². The van der Waals surface area contributed by atoms with Crippen LogP contribution >= 0.6 is 11.3 Å². The summed E-state index contributed by atoms with van der Waals surface area (Å²) in [6.07, 6.45) is 6.75. The zero-order chi connectivity index (χ0) is 19.4. The maximum Gasteiger partial charge on any atom is 0.141 e. The number of nitrogens with zero attached hydrogens (tertiary/aromatic N) is 5. The molecule has 4 aromatic heterocycles. The van der Waals surface area contributed by atoms with Crippen molar-refractivity contribution in [2.24, 2.45) is 0 Å². The van der Waals surface area contributed by atoms with E-state index in [1.165, 1.54) is 16.2 Å². The van der Waals surface area contributed by atoms with E-state index in [4.69, 9.17) is 4.98 Å². The van der Waals surface area contributed by atoms with Gasteiger partial charge in [0, 0.05) is 64.8 Å². The minimum absolute atomic E-state index is 0.638. The maximum atomic E-state index is 4.78. The molecule has 3 aliphatic rings. The predicted molar refractivity (Wildman–Crippen MR) is 116 cm³/mol. The zero-order valence-corrected chi connectivity index (χ0v) is 17.1. The Bertz CT molecular complexity index is 1150. The van der Waals surface area contributed by atoms with Gasteiger partial charge in [0.15, 0.2) is 0 Å². The van der Waals surface area contributed by atoms with Crippen LogP contribution in [0, 0.1) is 6.92 Å². The number of H-pyrrole nitrogens is 1. The molecule has 29 heavy (non-hydrogen) atoms. The summed E-state index contributed by atoms with van der Waals surface area (Å²) in [4.78, 5) is 24.6. The van der Waals surface area contributed by atoms with Gasteiger partial charge in [-0.2, -0.15) is 0 Å². The number of nitrogens with one attached hydrogen (secondary N) is 1. The number of aryl methyl sites for hydroxylation is 1. The summed E-state index contributed by atoms with van der Waals surface area (Å²) in [5.74, 6) is 1.06. The van der Waals surface area contributed by atoms with Crippen molar-refractivity contribution >= 4 is 28.2 Å². The quantitative estimate of drug-likeness (QED) is 0.562. The Hall–Kier alpha value is -2.77. The van der Waals surface area contributed by atoms with Gasteiger partial charge in [-0.1, -0.05) is 0 Å². The molecule has 7 rings (SSSR count). The SMILES string of the molecule is Cc1ccc(CN2C3CC2CN(c2ccc(-c4ncnc5[nH]ccc45)cn2)C3)s1. The molecule has 2 atom stereocenters. The van der Waals surface area contributed by atoms with Gasteiger partial charge in [0.1, 0.15) is 17.8 Å². The molecular weight excluding hydrogens is 380 g/mol. The molecule has 0 amide bonds. The maximum absolute atomic E-state index is 4.78. The summed E-state index contributed by atoms with van der Waals surface area (Å²) in [7, 11) is 0. The normalized spacial score (nSPS) is 21.5. The fourth-order valence-corrected chi connectivity index (χ4v) is 5.60. The number of pyridine rings is 1. The van der Waals surface area contributed by atoms with Crippen molar-refractivity contribution in [1.29, 1.82) is 0 Å². The van der Waals surface area contributed by atoms with E-state index >= 15 is 0 Å². The molecule has 0 saturated carbocycles. The summed E-state index contributed by atoms with van der Waals surface area (Å²) in [5, 5.41) is 1.03. The van der Waals surface area contributed by atoms with Crippen molar-refractivity contribution in [1.82, 2.24) is 24.8 Å². The lowest BCUT2D eigenvalue weighted by molar-refractivity contribution is -0.00782. The molecule has 1 N–H and O–H groups in total. The second-order valence-corrected chi connectivity index (χ2v) is 9.37. The smallest absolute Gasteiger partial charge is 0.141 e. The number of hydrogen-bond donors (Lipinski definition) is 1. The third-order valence-corrected chi connectivity index (χ3v) is 7.16. The molecule has 0 radical (unpaired) electrons. The van der Waals surface area contributed by atoms with Gasteiger partial charge >= 0.3 is 0 Å². The van der Waals surface area contributed by atoms with Crippen molar-refractivity contribution in [3.05, 3.63) is 58.8 Å². The topological polar surface area (TPSA) is 60.9 Å². The average molecular weight is 403 g/mol. The number of rotatable bonds is 4. The molecule has 7 heterocycles. The number of aromatic nitrogens is 4. The fourth-order valence-electron chi connectivity index (χ4n) is 4.70. The van der Waals surface area contributed by atoms with Gasteiger partial charge in [0.25, 0.3) is 0 Å². The molecule has 3 aliphatic heterocycles. The van der Waals surface area contributed by atoms with E-state index in [1.54, 1.807) is 6.33 Å². The van der Waals surface area contributed by atoms with Crippen molar-refractivity contribution < 1.29 is 0 Å². The highest BCUT2D eigenvalue weighted by molar-refractivity contribution is 7.11. The Labute approximate surface area is 173 Å². The van der Waals surface area contributed by atoms with Crippen LogP contribution in [0.3, 0.4) is 0 Å². The molecule has 0 aromatic carbocycles. The van der Waals surface area contributed by atoms with Crippen molar-refractivity contribution in [2.45, 2.75) is 32.0 Å². The van der Waals surface area contributed by atoms with E-state index in [1.807, 2.05) is 29.8 Å². The van der Waals surface area contributed by atoms with Crippen LogP contribution in [0.2, 0.25) is 0 Å². The molecule has 0 spiro atoms. The molecule has 6 nitrogen and oxygen atoms in total. The largest absolute Gasteiger partial charge is 0.353 e. The van der Waals surface area contributed by atoms with Gasteiger partial charge in [-0.25, -0.2) is 15.0 Å². The molecule has 146 valence electrons. The van der Waals surface area contributed by atoms with Crippen molar-refractivity contribution in [3.63, 3.8) is 0 Å². The number of piperazine rings is 1. The van der Waals surface area contributed by atoms with Crippen LogP contribution in [0.4, 0.5) is 5.82 Å². The lowest BCUT2D eigenvalue weighted by atomic mass is 9.87. The molecule has 7 heteroatoms. The van der Waals surface area contributed by atoms with Crippen molar-refractivity contribution in [2.75, 3.05) is 18.0 Å². The first kappa shape index (κ1) is 17.1. The van der Waals surface area contributed by atoms with Gasteiger partial charge in [0.2, 0.25) is 0 Å². The first-order valence-electron chi connectivity index (χ1n) is 10.0. The van der Waals surface area contributed by atoms with Crippen LogP contribution in [0.5, 0.6) is 0 Å². The highest BCUT2D eigenvalue weighted by atomic mass is 32.1. The van der Waals surface area contributed by atoms with Gasteiger partial charge in [0.05, 0.1) is 5.69 Å². The third-order valence-electron chi connectivity index (χ3n) is 6.18. The first-order chi connectivity index (χ1) is 14.2. The summed E-state index contributed by atoms with van der Waals surface area (Å²) < 4.78 is 0. The Balaban J connectivity index is 1.18. The van der Waals surface area contributed by atoms with Gasteiger partial charge < -0.3 is 9.88 Å². The van der Waals surface area contributed by atoms with E-state index in [0.717, 1.165) is 47.7 Å². The minimum Gasteiger partial charge on any atom is -0.353 e. The van der Waals surface area contributed by atoms with Crippen molar-refractivity contribution in [3.8, 4) is 11.3 Å². The number of hydrogen-bond acceptors (Lipinski definition) is 6. The fraction of sp³-hybridized carbons (Fsp3) is 0.318. The number of fused-ring (bicyclic) bond motifs is 3. The molecule has 3 saturated heterocycles. The van der Waals surface area contributed by atoms with Crippen LogP contribution in [-0.2, 0) is 6.54 Å². The monoisotopic (exact) mass is 402 g/mol. The van der Waals surface area contributed by atoms with Crippen LogP contribution in [0.1, 0.15) is 16.2 Å². The summed E-state index contributed by atoms with van der Waals surface area (Å²) in [5.41, 5.74) is 2.81. The Morgan fingerprint density at radius 1 is 1.07 bits per heavy atom. The minimum atomic E-state index is 0.638. The summed E-state index contributed by atoms with van der Waals surface area (Å²) >= 11 is 1.92. The van der Waals surface area contributed by atoms with Gasteiger partial charge in [-0.05, 0) is 43.7 Å². The Kier molecular flexibility index (Phi) is 3.92. The number of anilines is 1. The van der Waals surface area contributed by atoms with Crippen LogP contribution in [0.25, 0.3) is 22.3 Å².